The van der Waals surface area contributed by atoms with Gasteiger partial charge in [-0.3, -0.25) is 9.11 Å². The second-order valence-electron chi connectivity index (χ2n) is 4.35. The van der Waals surface area contributed by atoms with Crippen molar-refractivity contribution in [2.45, 2.75) is 4.84 Å². The van der Waals surface area contributed by atoms with Gasteiger partial charge >= 0.3 is 25.1 Å². The van der Waals surface area contributed by atoms with E-state index >= 15 is 0 Å². The van der Waals surface area contributed by atoms with E-state index in [2.05, 4.69) is 0 Å². The zero-order valence-electron chi connectivity index (χ0n) is 12.8. The van der Waals surface area contributed by atoms with E-state index in [1.165, 1.54) is 24.3 Å². The highest BCUT2D eigenvalue weighted by molar-refractivity contribution is 8.03. The maximum atomic E-state index is 12.2. The Kier molecular flexibility index (Phi) is 9.06. The van der Waals surface area contributed by atoms with Gasteiger partial charge < -0.3 is 11.5 Å². The first-order chi connectivity index (χ1) is 11.8. The molecule has 0 fully saturated rings. The second kappa shape index (κ2) is 9.96. The Morgan fingerprint density at radius 1 is 0.731 bits per heavy atom. The molecule has 26 heavy (non-hydrogen) atoms. The van der Waals surface area contributed by atoms with Crippen LogP contribution >= 0.6 is 0 Å². The number of nitrogen functional groups attached to an aromatic ring is 2. The highest BCUT2D eigenvalue weighted by Gasteiger charge is 2.34. The maximum absolute atomic E-state index is 12.2. The molecule has 6 N–H and O–H groups in total. The van der Waals surface area contributed by atoms with E-state index in [4.69, 9.17) is 20.6 Å². The third-order valence-corrected chi connectivity index (χ3v) is 4.67. The standard InChI is InChI=1S/2C6H6FN.CH3FO6S2/c2*7-5-3-1-2-4-6(5)8;2-1(9(3,4)5)10(6,7)8/h2*1-4H,8H2;1H,(H,3,4,5)(H,6,7,8). The molecule has 2 aromatic rings. The normalized spacial score (nSPS) is 11.0. The number of hydrogen-bond acceptors (Lipinski definition) is 6. The molecule has 13 heteroatoms. The Morgan fingerprint density at radius 3 is 1.12 bits per heavy atom. The number of anilines is 2. The summed E-state index contributed by atoms with van der Waals surface area (Å²) in [5.74, 6) is -0.708. The van der Waals surface area contributed by atoms with Crippen LogP contribution in [0.5, 0.6) is 0 Å². The minimum absolute atomic E-state index is 0.201. The number of rotatable bonds is 2. The molecule has 0 unspecified atom stereocenters. The maximum Gasteiger partial charge on any atom is 0.348 e. The summed E-state index contributed by atoms with van der Waals surface area (Å²) in [7, 11) is -10.7. The molecule has 0 aliphatic carbocycles. The van der Waals surface area contributed by atoms with Crippen LogP contribution in [0.4, 0.5) is 24.5 Å². The van der Waals surface area contributed by atoms with Crippen molar-refractivity contribution in [3.63, 3.8) is 0 Å². The number of alkyl halides is 1. The van der Waals surface area contributed by atoms with Crippen molar-refractivity contribution < 1.29 is 39.1 Å². The number of para-hydroxylation sites is 2. The average Bonchev–Trinajstić information content (AvgIpc) is 2.52. The molecule has 146 valence electrons. The summed E-state index contributed by atoms with van der Waals surface area (Å²) >= 11 is 0. The van der Waals surface area contributed by atoms with Gasteiger partial charge in [0, 0.05) is 0 Å². The summed E-state index contributed by atoms with van der Waals surface area (Å²) in [5, 5.41) is 0. The smallest absolute Gasteiger partial charge is 0.348 e. The zero-order chi connectivity index (χ0) is 20.5. The topological polar surface area (TPSA) is 161 Å². The van der Waals surface area contributed by atoms with Gasteiger partial charge in [-0.2, -0.15) is 16.8 Å². The summed E-state index contributed by atoms with van der Waals surface area (Å²) in [6.45, 7) is 0. The third-order valence-electron chi connectivity index (χ3n) is 2.28. The molecule has 0 saturated heterocycles. The van der Waals surface area contributed by atoms with Crippen molar-refractivity contribution in [1.82, 2.24) is 0 Å². The molecule has 0 aromatic heterocycles. The van der Waals surface area contributed by atoms with E-state index in [9.17, 15) is 30.0 Å². The first-order valence-electron chi connectivity index (χ1n) is 6.33. The van der Waals surface area contributed by atoms with Crippen LogP contribution in [-0.2, 0) is 20.2 Å². The minimum atomic E-state index is -5.37. The largest absolute Gasteiger partial charge is 0.396 e. The van der Waals surface area contributed by atoms with Gasteiger partial charge in [0.2, 0.25) is 0 Å². The monoisotopic (exact) mass is 416 g/mol. The minimum Gasteiger partial charge on any atom is -0.396 e. The van der Waals surface area contributed by atoms with Gasteiger partial charge in [0.1, 0.15) is 11.6 Å². The van der Waals surface area contributed by atoms with Crippen LogP contribution in [0, 0.1) is 11.6 Å². The van der Waals surface area contributed by atoms with Gasteiger partial charge in [-0.25, -0.2) is 13.2 Å². The number of benzene rings is 2. The van der Waals surface area contributed by atoms with Crippen molar-refractivity contribution in [1.29, 1.82) is 0 Å². The van der Waals surface area contributed by atoms with Crippen LogP contribution < -0.4 is 11.5 Å². The first kappa shape index (κ1) is 23.6. The Balaban J connectivity index is 0.000000363. The molecule has 0 spiro atoms. The van der Waals surface area contributed by atoms with Crippen molar-refractivity contribution in [2.24, 2.45) is 0 Å². The molecule has 2 rings (SSSR count). The number of halogens is 3. The predicted molar refractivity (Wildman–Crippen MR) is 89.6 cm³/mol. The average molecular weight is 416 g/mol. The van der Waals surface area contributed by atoms with E-state index in [1.807, 2.05) is 0 Å². The van der Waals surface area contributed by atoms with Gasteiger partial charge in [-0.05, 0) is 24.3 Å². The first-order valence-corrected chi connectivity index (χ1v) is 9.34. The molecular formula is C13H15F3N2O6S2. The fourth-order valence-electron chi connectivity index (χ4n) is 1.10. The lowest BCUT2D eigenvalue weighted by Gasteiger charge is -1.97. The van der Waals surface area contributed by atoms with Crippen molar-refractivity contribution >= 4 is 31.6 Å². The molecule has 0 amide bonds. The lowest BCUT2D eigenvalue weighted by atomic mass is 10.3. The lowest BCUT2D eigenvalue weighted by molar-refractivity contribution is 0.391. The van der Waals surface area contributed by atoms with Crippen LogP contribution in [0.15, 0.2) is 48.5 Å². The van der Waals surface area contributed by atoms with Crippen molar-refractivity contribution in [3.05, 3.63) is 60.2 Å². The molecular weight excluding hydrogens is 401 g/mol. The van der Waals surface area contributed by atoms with E-state index in [0.29, 0.717) is 0 Å². The Hall–Kier alpha value is -2.35. The van der Waals surface area contributed by atoms with Crippen LogP contribution in [0.25, 0.3) is 0 Å². The van der Waals surface area contributed by atoms with Crippen LogP contribution in [0.3, 0.4) is 0 Å². The molecule has 0 aliphatic rings. The molecule has 0 aliphatic heterocycles. The highest BCUT2D eigenvalue weighted by Crippen LogP contribution is 2.07. The zero-order valence-corrected chi connectivity index (χ0v) is 14.5. The molecule has 0 heterocycles. The van der Waals surface area contributed by atoms with Gasteiger partial charge in [-0.1, -0.05) is 24.3 Å². The summed E-state index contributed by atoms with van der Waals surface area (Å²) in [6.07, 6.45) is 0. The van der Waals surface area contributed by atoms with Crippen molar-refractivity contribution in [2.75, 3.05) is 11.5 Å². The number of hydrogen-bond donors (Lipinski definition) is 4. The Bertz CT molecular complexity index is 805. The Morgan fingerprint density at radius 2 is 1.00 bits per heavy atom. The van der Waals surface area contributed by atoms with E-state index < -0.39 is 25.1 Å². The number of nitrogens with two attached hydrogens (primary N) is 2. The molecule has 0 atom stereocenters. The fourth-order valence-corrected chi connectivity index (χ4v) is 2.33. The van der Waals surface area contributed by atoms with E-state index in [1.54, 1.807) is 24.3 Å². The SMILES string of the molecule is Nc1ccccc1F.Nc1ccccc1F.O=S(=O)(O)C(F)S(=O)(=O)O. The molecule has 0 radical (unpaired) electrons. The summed E-state index contributed by atoms with van der Waals surface area (Å²) in [4.78, 5) is -3.68. The van der Waals surface area contributed by atoms with Gasteiger partial charge in [0.15, 0.2) is 0 Å². The van der Waals surface area contributed by atoms with Gasteiger partial charge in [-0.15, -0.1) is 0 Å². The van der Waals surface area contributed by atoms with Gasteiger partial charge in [0.05, 0.1) is 11.4 Å². The Labute approximate surface area is 147 Å². The molecule has 0 saturated carbocycles. The fraction of sp³-hybridized carbons (Fsp3) is 0.0769. The van der Waals surface area contributed by atoms with Crippen molar-refractivity contribution in [3.8, 4) is 0 Å². The second-order valence-corrected chi connectivity index (χ2v) is 7.53. The van der Waals surface area contributed by atoms with Crippen LogP contribution in [0.2, 0.25) is 0 Å². The summed E-state index contributed by atoms with van der Waals surface area (Å²) < 4.78 is 90.0. The van der Waals surface area contributed by atoms with E-state index in [0.717, 1.165) is 0 Å². The molecule has 8 nitrogen and oxygen atoms in total. The quantitative estimate of drug-likeness (QED) is 0.426. The molecule has 2 aromatic carbocycles. The lowest BCUT2D eigenvalue weighted by Crippen LogP contribution is -2.24. The van der Waals surface area contributed by atoms with Gasteiger partial charge in [0.25, 0.3) is 0 Å². The van der Waals surface area contributed by atoms with Crippen LogP contribution in [-0.4, -0.2) is 30.8 Å². The predicted octanol–water partition coefficient (Wildman–Crippen LogP) is 1.83. The molecule has 0 bridgehead atoms. The van der Waals surface area contributed by atoms with E-state index in [-0.39, 0.29) is 23.0 Å². The summed E-state index contributed by atoms with van der Waals surface area (Å²) in [5.41, 5.74) is 10.7. The summed E-state index contributed by atoms with van der Waals surface area (Å²) in [6, 6.07) is 12.3. The van der Waals surface area contributed by atoms with Crippen LogP contribution in [0.1, 0.15) is 0 Å². The highest BCUT2D eigenvalue weighted by atomic mass is 32.3. The third kappa shape index (κ3) is 9.22.